The lowest BCUT2D eigenvalue weighted by Gasteiger charge is -2.15. The Labute approximate surface area is 118 Å². The molecule has 1 aromatic carbocycles. The Morgan fingerprint density at radius 1 is 1.35 bits per heavy atom. The molecule has 1 aromatic heterocycles. The molecule has 0 aliphatic heterocycles. The lowest BCUT2D eigenvalue weighted by Crippen LogP contribution is -2.22. The summed E-state index contributed by atoms with van der Waals surface area (Å²) in [6, 6.07) is 7.81. The Bertz CT molecular complexity index is 535. The van der Waals surface area contributed by atoms with Crippen LogP contribution in [0.3, 0.4) is 0 Å². The third-order valence-electron chi connectivity index (χ3n) is 3.06. The van der Waals surface area contributed by atoms with Gasteiger partial charge in [-0.15, -0.1) is 0 Å². The average Bonchev–Trinajstić information content (AvgIpc) is 2.94. The summed E-state index contributed by atoms with van der Waals surface area (Å²) in [6.07, 6.45) is 5.43. The molecule has 5 heteroatoms. The minimum atomic E-state index is 0.0608. The van der Waals surface area contributed by atoms with Gasteiger partial charge in [-0.05, 0) is 17.7 Å². The molecule has 2 rings (SSSR count). The molecule has 0 saturated heterocycles. The van der Waals surface area contributed by atoms with Crippen LogP contribution < -0.4 is 4.74 Å². The summed E-state index contributed by atoms with van der Waals surface area (Å²) in [5.41, 5.74) is 1.09. The minimum absolute atomic E-state index is 0.0608. The number of carbonyl (C=O) groups is 1. The number of benzene rings is 1. The fourth-order valence-electron chi connectivity index (χ4n) is 1.76. The molecule has 2 aromatic rings. The molecule has 0 N–H and O–H groups in total. The van der Waals surface area contributed by atoms with Crippen molar-refractivity contribution in [3.05, 3.63) is 48.5 Å². The smallest absolute Gasteiger partial charge is 0.219 e. The lowest BCUT2D eigenvalue weighted by atomic mass is 10.2. The van der Waals surface area contributed by atoms with Crippen molar-refractivity contribution in [3.8, 4) is 5.75 Å². The third-order valence-corrected chi connectivity index (χ3v) is 3.06. The quantitative estimate of drug-likeness (QED) is 0.808. The molecule has 0 unspecified atom stereocenters. The summed E-state index contributed by atoms with van der Waals surface area (Å²) in [5.74, 6) is 0.894. The van der Waals surface area contributed by atoms with Crippen LogP contribution in [0.4, 0.5) is 0 Å². The first-order valence-electron chi connectivity index (χ1n) is 6.54. The fraction of sp³-hybridized carbons (Fsp3) is 0.333. The fourth-order valence-corrected chi connectivity index (χ4v) is 1.76. The van der Waals surface area contributed by atoms with Crippen LogP contribution in [0.5, 0.6) is 5.75 Å². The van der Waals surface area contributed by atoms with Gasteiger partial charge in [0.2, 0.25) is 5.91 Å². The second kappa shape index (κ2) is 6.75. The number of carbonyl (C=O) groups excluding carboxylic acids is 1. The first-order valence-corrected chi connectivity index (χ1v) is 6.54. The van der Waals surface area contributed by atoms with Crippen LogP contribution in [0.2, 0.25) is 0 Å². The standard InChI is InChI=1S/C15H19N3O2/c1-13(19)17(2)11-14-3-5-15(6-4-14)20-10-9-18-8-7-16-12-18/h3-8,12H,9-11H2,1-2H3. The summed E-state index contributed by atoms with van der Waals surface area (Å²) in [6.45, 7) is 3.55. The highest BCUT2D eigenvalue weighted by atomic mass is 16.5. The van der Waals surface area contributed by atoms with E-state index in [1.807, 2.05) is 35.0 Å². The van der Waals surface area contributed by atoms with Gasteiger partial charge in [0.25, 0.3) is 0 Å². The zero-order valence-electron chi connectivity index (χ0n) is 11.8. The van der Waals surface area contributed by atoms with Gasteiger partial charge in [-0.1, -0.05) is 12.1 Å². The van der Waals surface area contributed by atoms with Gasteiger partial charge >= 0.3 is 0 Å². The van der Waals surface area contributed by atoms with E-state index in [1.54, 1.807) is 31.4 Å². The zero-order valence-corrected chi connectivity index (χ0v) is 11.8. The maximum absolute atomic E-state index is 11.2. The van der Waals surface area contributed by atoms with Gasteiger partial charge in [0.1, 0.15) is 12.4 Å². The molecule has 1 heterocycles. The average molecular weight is 273 g/mol. The topological polar surface area (TPSA) is 47.4 Å². The first-order chi connectivity index (χ1) is 9.65. The van der Waals surface area contributed by atoms with E-state index in [9.17, 15) is 4.79 Å². The predicted octanol–water partition coefficient (Wildman–Crippen LogP) is 1.94. The van der Waals surface area contributed by atoms with Crippen molar-refractivity contribution in [2.75, 3.05) is 13.7 Å². The Morgan fingerprint density at radius 2 is 2.10 bits per heavy atom. The number of rotatable bonds is 6. The Hall–Kier alpha value is -2.30. The number of nitrogens with zero attached hydrogens (tertiary/aromatic N) is 3. The molecule has 5 nitrogen and oxygen atoms in total. The molecule has 0 aliphatic rings. The van der Waals surface area contributed by atoms with E-state index in [2.05, 4.69) is 4.98 Å². The second-order valence-corrected chi connectivity index (χ2v) is 4.67. The van der Waals surface area contributed by atoms with Gasteiger partial charge in [0.15, 0.2) is 0 Å². The molecule has 106 valence electrons. The normalized spacial score (nSPS) is 10.3. The lowest BCUT2D eigenvalue weighted by molar-refractivity contribution is -0.128. The molecule has 1 amide bonds. The third kappa shape index (κ3) is 4.12. The van der Waals surface area contributed by atoms with Crippen LogP contribution >= 0.6 is 0 Å². The van der Waals surface area contributed by atoms with Crippen LogP contribution in [0.25, 0.3) is 0 Å². The van der Waals surface area contributed by atoms with Gasteiger partial charge in [-0.2, -0.15) is 0 Å². The molecule has 0 radical (unpaired) electrons. The molecule has 0 atom stereocenters. The largest absolute Gasteiger partial charge is 0.492 e. The summed E-state index contributed by atoms with van der Waals surface area (Å²) >= 11 is 0. The molecule has 0 bridgehead atoms. The summed E-state index contributed by atoms with van der Waals surface area (Å²) in [4.78, 5) is 16.8. The molecule has 20 heavy (non-hydrogen) atoms. The van der Waals surface area contributed by atoms with Gasteiger partial charge in [-0.3, -0.25) is 4.79 Å². The van der Waals surface area contributed by atoms with E-state index in [0.29, 0.717) is 13.2 Å². The van der Waals surface area contributed by atoms with Crippen LogP contribution in [-0.4, -0.2) is 34.0 Å². The number of hydrogen-bond acceptors (Lipinski definition) is 3. The van der Waals surface area contributed by atoms with Crippen molar-refractivity contribution < 1.29 is 9.53 Å². The minimum Gasteiger partial charge on any atom is -0.492 e. The Morgan fingerprint density at radius 3 is 2.70 bits per heavy atom. The molecular weight excluding hydrogens is 254 g/mol. The van der Waals surface area contributed by atoms with Crippen molar-refractivity contribution in [3.63, 3.8) is 0 Å². The molecular formula is C15H19N3O2. The SMILES string of the molecule is CC(=O)N(C)Cc1ccc(OCCn2ccnc2)cc1. The summed E-state index contributed by atoms with van der Waals surface area (Å²) in [5, 5.41) is 0. The highest BCUT2D eigenvalue weighted by molar-refractivity contribution is 5.72. The highest BCUT2D eigenvalue weighted by Crippen LogP contribution is 2.13. The Kier molecular flexibility index (Phi) is 4.76. The van der Waals surface area contributed by atoms with E-state index < -0.39 is 0 Å². The zero-order chi connectivity index (χ0) is 14.4. The number of ether oxygens (including phenoxy) is 1. The predicted molar refractivity (Wildman–Crippen MR) is 76.3 cm³/mol. The highest BCUT2D eigenvalue weighted by Gasteiger charge is 2.03. The molecule has 0 fully saturated rings. The van der Waals surface area contributed by atoms with Crippen LogP contribution in [0.1, 0.15) is 12.5 Å². The number of imidazole rings is 1. The van der Waals surface area contributed by atoms with E-state index in [1.165, 1.54) is 0 Å². The van der Waals surface area contributed by atoms with Crippen molar-refractivity contribution in [1.82, 2.24) is 14.5 Å². The maximum Gasteiger partial charge on any atom is 0.219 e. The monoisotopic (exact) mass is 273 g/mol. The molecule has 0 saturated carbocycles. The van der Waals surface area contributed by atoms with Crippen molar-refractivity contribution >= 4 is 5.91 Å². The number of hydrogen-bond donors (Lipinski definition) is 0. The van der Waals surface area contributed by atoms with Crippen LogP contribution in [0, 0.1) is 0 Å². The van der Waals surface area contributed by atoms with Crippen LogP contribution in [-0.2, 0) is 17.9 Å². The van der Waals surface area contributed by atoms with Crippen molar-refractivity contribution in [2.45, 2.75) is 20.0 Å². The van der Waals surface area contributed by atoms with Crippen LogP contribution in [0.15, 0.2) is 43.0 Å². The van der Waals surface area contributed by atoms with E-state index in [4.69, 9.17) is 4.74 Å². The first kappa shape index (κ1) is 14.1. The van der Waals surface area contributed by atoms with Gasteiger partial charge in [-0.25, -0.2) is 4.98 Å². The van der Waals surface area contributed by atoms with E-state index in [-0.39, 0.29) is 5.91 Å². The Balaban J connectivity index is 1.80. The van der Waals surface area contributed by atoms with Gasteiger partial charge in [0.05, 0.1) is 12.9 Å². The maximum atomic E-state index is 11.2. The summed E-state index contributed by atoms with van der Waals surface area (Å²) in [7, 11) is 1.79. The number of aromatic nitrogens is 2. The van der Waals surface area contributed by atoms with Crippen molar-refractivity contribution in [2.24, 2.45) is 0 Å². The molecule has 0 spiro atoms. The van der Waals surface area contributed by atoms with Crippen molar-refractivity contribution in [1.29, 1.82) is 0 Å². The van der Waals surface area contributed by atoms with Gasteiger partial charge in [0, 0.05) is 32.9 Å². The number of amides is 1. The molecule has 0 aliphatic carbocycles. The van der Waals surface area contributed by atoms with E-state index in [0.717, 1.165) is 17.9 Å². The summed E-state index contributed by atoms with van der Waals surface area (Å²) < 4.78 is 7.63. The van der Waals surface area contributed by atoms with Gasteiger partial charge < -0.3 is 14.2 Å². The second-order valence-electron chi connectivity index (χ2n) is 4.67. The van der Waals surface area contributed by atoms with E-state index >= 15 is 0 Å².